The van der Waals surface area contributed by atoms with Crippen molar-refractivity contribution in [3.05, 3.63) is 23.8 Å². The van der Waals surface area contributed by atoms with Gasteiger partial charge >= 0.3 is 5.97 Å². The van der Waals surface area contributed by atoms with E-state index in [2.05, 4.69) is 0 Å². The number of carbonyl (C=O) groups is 1. The van der Waals surface area contributed by atoms with Gasteiger partial charge in [0.2, 0.25) is 0 Å². The molecule has 0 fully saturated rings. The van der Waals surface area contributed by atoms with Crippen molar-refractivity contribution in [1.29, 1.82) is 0 Å². The van der Waals surface area contributed by atoms with Crippen LogP contribution in [0.25, 0.3) is 0 Å². The molecule has 0 N–H and O–H groups in total. The smallest absolute Gasteiger partial charge is 0.316 e. The lowest BCUT2D eigenvalue weighted by atomic mass is 9.84. The molecule has 0 atom stereocenters. The monoisotopic (exact) mass is 316 g/mol. The Morgan fingerprint density at radius 1 is 1.33 bits per heavy atom. The minimum absolute atomic E-state index is 0.233. The van der Waals surface area contributed by atoms with Crippen LogP contribution in [0.5, 0.6) is 0 Å². The molecule has 0 aromatic heterocycles. The maximum atomic E-state index is 12.0. The van der Waals surface area contributed by atoms with Gasteiger partial charge in [0, 0.05) is 25.3 Å². The van der Waals surface area contributed by atoms with E-state index in [0.29, 0.717) is 14.0 Å². The van der Waals surface area contributed by atoms with E-state index in [0.717, 1.165) is 23.5 Å². The third kappa shape index (κ3) is 3.19. The normalized spacial score (nSPS) is 11.7. The van der Waals surface area contributed by atoms with Crippen LogP contribution in [0.15, 0.2) is 18.2 Å². The molecule has 18 heavy (non-hydrogen) atoms. The summed E-state index contributed by atoms with van der Waals surface area (Å²) in [6, 6.07) is 5.79. The molecular weight excluding hydrogens is 302 g/mol. The quantitative estimate of drug-likeness (QED) is 0.616. The molecule has 0 unspecified atom stereocenters. The van der Waals surface area contributed by atoms with E-state index in [-0.39, 0.29) is 5.97 Å². The van der Waals surface area contributed by atoms with E-state index in [9.17, 15) is 4.79 Å². The van der Waals surface area contributed by atoms with E-state index < -0.39 is 5.41 Å². The Hall–Kier alpha value is -0.270. The van der Waals surface area contributed by atoms with Gasteiger partial charge in [0.1, 0.15) is 0 Å². The van der Waals surface area contributed by atoms with E-state index in [1.165, 1.54) is 0 Å². The largest absolute Gasteiger partial charge is 0.465 e. The molecule has 96 valence electrons. The Balaban J connectivity index is 3.35. The van der Waals surface area contributed by atoms with Gasteiger partial charge in [0.25, 0.3) is 0 Å². The highest BCUT2D eigenvalue weighted by Crippen LogP contribution is 2.25. The molecule has 0 aliphatic rings. The summed E-state index contributed by atoms with van der Waals surface area (Å²) in [7, 11) is 1.46. The van der Waals surface area contributed by atoms with Crippen LogP contribution in [0.2, 0.25) is 0 Å². The summed E-state index contributed by atoms with van der Waals surface area (Å²) in [5.74, 6) is -0.233. The van der Waals surface area contributed by atoms with Crippen LogP contribution in [0.3, 0.4) is 0 Å². The standard InChI is InChI=1S/C12H14O2P2S2/c1-4-14-11(13)12(2,3)8-6-5-7-9(15-17)10(8)16-18/h5-7H,4H2,1-3H3. The summed E-state index contributed by atoms with van der Waals surface area (Å²) in [6.07, 6.45) is 0. The highest BCUT2D eigenvalue weighted by Gasteiger charge is 2.33. The van der Waals surface area contributed by atoms with Gasteiger partial charge in [-0.05, 0) is 32.4 Å². The van der Waals surface area contributed by atoms with Crippen molar-refractivity contribution in [2.45, 2.75) is 26.2 Å². The average Bonchev–Trinajstić information content (AvgIpc) is 2.37. The topological polar surface area (TPSA) is 26.3 Å². The number of hydrogen-bond acceptors (Lipinski definition) is 4. The lowest BCUT2D eigenvalue weighted by Crippen LogP contribution is -2.36. The third-order valence-corrected chi connectivity index (χ3v) is 5.21. The molecule has 6 heteroatoms. The molecule has 2 nitrogen and oxygen atoms in total. The Bertz CT molecular complexity index is 487. The first-order chi connectivity index (χ1) is 8.48. The van der Waals surface area contributed by atoms with Crippen molar-refractivity contribution in [1.82, 2.24) is 0 Å². The Kier molecular flexibility index (Phi) is 5.94. The van der Waals surface area contributed by atoms with Crippen LogP contribution in [0, 0.1) is 0 Å². The second-order valence-electron chi connectivity index (χ2n) is 4.20. The van der Waals surface area contributed by atoms with Gasteiger partial charge in [0.15, 0.2) is 0 Å². The number of benzene rings is 1. The van der Waals surface area contributed by atoms with Crippen molar-refractivity contribution in [2.24, 2.45) is 0 Å². The summed E-state index contributed by atoms with van der Waals surface area (Å²) in [5, 5.41) is 1.96. The lowest BCUT2D eigenvalue weighted by molar-refractivity contribution is -0.148. The fourth-order valence-electron chi connectivity index (χ4n) is 1.63. The summed E-state index contributed by atoms with van der Waals surface area (Å²) >= 11 is 10.2. The number of ether oxygens (including phenoxy) is 1. The van der Waals surface area contributed by atoms with Crippen molar-refractivity contribution in [3.8, 4) is 0 Å². The molecule has 1 aromatic carbocycles. The summed E-state index contributed by atoms with van der Waals surface area (Å²) in [6.45, 7) is 5.89. The van der Waals surface area contributed by atoms with Crippen molar-refractivity contribution >= 4 is 54.9 Å². The summed E-state index contributed by atoms with van der Waals surface area (Å²) < 4.78 is 5.13. The second-order valence-corrected chi connectivity index (χ2v) is 6.59. The minimum Gasteiger partial charge on any atom is -0.465 e. The third-order valence-electron chi connectivity index (χ3n) is 2.66. The van der Waals surface area contributed by atoms with Gasteiger partial charge in [-0.15, -0.1) is 0 Å². The molecule has 0 aliphatic carbocycles. The maximum Gasteiger partial charge on any atom is 0.316 e. The lowest BCUT2D eigenvalue weighted by Gasteiger charge is -2.24. The van der Waals surface area contributed by atoms with Crippen LogP contribution in [0.4, 0.5) is 0 Å². The predicted octanol–water partition coefficient (Wildman–Crippen LogP) is 2.59. The van der Waals surface area contributed by atoms with Gasteiger partial charge in [-0.3, -0.25) is 4.79 Å². The highest BCUT2D eigenvalue weighted by molar-refractivity contribution is 8.02. The predicted molar refractivity (Wildman–Crippen MR) is 83.9 cm³/mol. The first kappa shape index (κ1) is 15.8. The van der Waals surface area contributed by atoms with E-state index in [4.69, 9.17) is 28.4 Å². The first-order valence-corrected chi connectivity index (χ1v) is 9.28. The zero-order valence-electron chi connectivity index (χ0n) is 10.5. The molecule has 1 rings (SSSR count). The number of hydrogen-bond donors (Lipinski definition) is 0. The Morgan fingerprint density at radius 3 is 2.50 bits per heavy atom. The molecule has 0 amide bonds. The molecular formula is C12H14O2P2S2. The van der Waals surface area contributed by atoms with Crippen molar-refractivity contribution < 1.29 is 9.53 Å². The molecule has 1 aromatic rings. The summed E-state index contributed by atoms with van der Waals surface area (Å²) in [4.78, 5) is 12.0. The molecule has 0 radical (unpaired) electrons. The highest BCUT2D eigenvalue weighted by atomic mass is 32.4. The summed E-state index contributed by atoms with van der Waals surface area (Å²) in [5.41, 5.74) is 0.208. The fraction of sp³-hybridized carbons (Fsp3) is 0.417. The molecule has 0 heterocycles. The van der Waals surface area contributed by atoms with Gasteiger partial charge in [-0.1, -0.05) is 35.7 Å². The second kappa shape index (κ2) is 6.77. The average molecular weight is 316 g/mol. The molecule has 0 saturated heterocycles. The van der Waals surface area contributed by atoms with Crippen LogP contribution < -0.4 is 10.6 Å². The first-order valence-electron chi connectivity index (χ1n) is 5.46. The minimum atomic E-state index is -0.701. The van der Waals surface area contributed by atoms with E-state index in [1.54, 1.807) is 6.92 Å². The van der Waals surface area contributed by atoms with Gasteiger partial charge in [-0.2, -0.15) is 0 Å². The maximum absolute atomic E-state index is 12.0. The molecule has 0 spiro atoms. The van der Waals surface area contributed by atoms with Crippen molar-refractivity contribution in [2.75, 3.05) is 6.61 Å². The van der Waals surface area contributed by atoms with Crippen LogP contribution >= 0.6 is 14.7 Å². The van der Waals surface area contributed by atoms with E-state index in [1.807, 2.05) is 32.0 Å². The van der Waals surface area contributed by atoms with E-state index >= 15 is 0 Å². The molecule has 0 saturated carbocycles. The Morgan fingerprint density at radius 2 is 2.00 bits per heavy atom. The SMILES string of the molecule is CCOC(=O)C(C)(C)c1cccc(P=S)c1P=S. The van der Waals surface area contributed by atoms with Crippen molar-refractivity contribution in [3.63, 3.8) is 0 Å². The molecule has 0 aliphatic heterocycles. The zero-order chi connectivity index (χ0) is 13.8. The zero-order valence-corrected chi connectivity index (χ0v) is 13.9. The fourth-order valence-corrected chi connectivity index (χ4v) is 4.35. The van der Waals surface area contributed by atoms with Crippen LogP contribution in [0.1, 0.15) is 26.3 Å². The number of carbonyl (C=O) groups excluding carboxylic acids is 1. The molecule has 0 bridgehead atoms. The van der Waals surface area contributed by atoms with Crippen LogP contribution in [-0.2, 0) is 38.6 Å². The van der Waals surface area contributed by atoms with Gasteiger partial charge < -0.3 is 4.74 Å². The van der Waals surface area contributed by atoms with Gasteiger partial charge in [-0.25, -0.2) is 0 Å². The van der Waals surface area contributed by atoms with Gasteiger partial charge in [0.05, 0.1) is 12.0 Å². The Labute approximate surface area is 121 Å². The van der Waals surface area contributed by atoms with Crippen LogP contribution in [-0.4, -0.2) is 12.6 Å². The number of esters is 1. The number of rotatable bonds is 5.